The van der Waals surface area contributed by atoms with Crippen LogP contribution in [0.3, 0.4) is 0 Å². The van der Waals surface area contributed by atoms with Gasteiger partial charge in [-0.2, -0.15) is 0 Å². The predicted octanol–water partition coefficient (Wildman–Crippen LogP) is 2.02. The number of rotatable bonds is 4. The molecule has 114 valence electrons. The number of likely N-dealkylation sites (tertiary alicyclic amines) is 1. The van der Waals surface area contributed by atoms with Crippen LogP contribution in [-0.2, 0) is 11.2 Å². The average Bonchev–Trinajstić information content (AvgIpc) is 2.68. The molecule has 1 aromatic rings. The lowest BCUT2D eigenvalue weighted by Crippen LogP contribution is -2.44. The highest BCUT2D eigenvalue weighted by atomic mass is 16.2. The number of aryl methyl sites for hydroxylation is 1. The molecule has 21 heavy (non-hydrogen) atoms. The van der Waals surface area contributed by atoms with E-state index in [2.05, 4.69) is 21.6 Å². The maximum atomic E-state index is 12.3. The molecule has 2 N–H and O–H groups in total. The van der Waals surface area contributed by atoms with Crippen molar-refractivity contribution in [1.29, 1.82) is 0 Å². The van der Waals surface area contributed by atoms with Crippen molar-refractivity contribution in [2.45, 2.75) is 38.1 Å². The standard InChI is InChI=1S/C17H25N3O/c21-17-16(18-10-13-20-11-4-1-5-12-20)9-8-14-6-2-3-7-15(14)19-17/h2-3,6-7,16,18H,1,4-5,8-13H2,(H,19,21). The van der Waals surface area contributed by atoms with Gasteiger partial charge in [-0.25, -0.2) is 0 Å². The number of fused-ring (bicyclic) bond motifs is 1. The van der Waals surface area contributed by atoms with Gasteiger partial charge >= 0.3 is 0 Å². The van der Waals surface area contributed by atoms with Crippen LogP contribution in [0.5, 0.6) is 0 Å². The lowest BCUT2D eigenvalue weighted by atomic mass is 10.1. The van der Waals surface area contributed by atoms with Crippen molar-refractivity contribution >= 4 is 11.6 Å². The van der Waals surface area contributed by atoms with Crippen molar-refractivity contribution in [1.82, 2.24) is 10.2 Å². The van der Waals surface area contributed by atoms with Crippen LogP contribution in [0.4, 0.5) is 5.69 Å². The summed E-state index contributed by atoms with van der Waals surface area (Å²) in [6.45, 7) is 4.37. The molecule has 3 rings (SSSR count). The number of hydrogen-bond donors (Lipinski definition) is 2. The van der Waals surface area contributed by atoms with Crippen LogP contribution >= 0.6 is 0 Å². The summed E-state index contributed by atoms with van der Waals surface area (Å²) in [6.07, 6.45) is 5.84. The fourth-order valence-electron chi connectivity index (χ4n) is 3.29. The SMILES string of the molecule is O=C1Nc2ccccc2CCC1NCCN1CCCCC1. The van der Waals surface area contributed by atoms with Gasteiger partial charge in [0.25, 0.3) is 0 Å². The number of nitrogens with one attached hydrogen (secondary N) is 2. The quantitative estimate of drug-likeness (QED) is 0.890. The van der Waals surface area contributed by atoms with Gasteiger partial charge in [-0.05, 0) is 50.4 Å². The first-order chi connectivity index (χ1) is 10.3. The van der Waals surface area contributed by atoms with E-state index in [0.29, 0.717) is 0 Å². The van der Waals surface area contributed by atoms with E-state index in [1.54, 1.807) is 0 Å². The van der Waals surface area contributed by atoms with Crippen LogP contribution in [0.25, 0.3) is 0 Å². The molecule has 0 spiro atoms. The second-order valence-electron chi connectivity index (χ2n) is 6.09. The van der Waals surface area contributed by atoms with Gasteiger partial charge in [0, 0.05) is 18.8 Å². The summed E-state index contributed by atoms with van der Waals surface area (Å²) < 4.78 is 0. The minimum Gasteiger partial charge on any atom is -0.324 e. The van der Waals surface area contributed by atoms with Crippen LogP contribution in [-0.4, -0.2) is 43.0 Å². The van der Waals surface area contributed by atoms with E-state index in [1.807, 2.05) is 18.2 Å². The van der Waals surface area contributed by atoms with Gasteiger partial charge in [0.2, 0.25) is 5.91 Å². The van der Waals surface area contributed by atoms with Gasteiger partial charge in [0.15, 0.2) is 0 Å². The molecule has 0 bridgehead atoms. The van der Waals surface area contributed by atoms with Crippen LogP contribution in [0, 0.1) is 0 Å². The van der Waals surface area contributed by atoms with Gasteiger partial charge < -0.3 is 15.5 Å². The van der Waals surface area contributed by atoms with E-state index in [-0.39, 0.29) is 11.9 Å². The van der Waals surface area contributed by atoms with Crippen LogP contribution in [0.1, 0.15) is 31.2 Å². The van der Waals surface area contributed by atoms with Crippen molar-refractivity contribution in [3.63, 3.8) is 0 Å². The van der Waals surface area contributed by atoms with Gasteiger partial charge in [-0.15, -0.1) is 0 Å². The van der Waals surface area contributed by atoms with Gasteiger partial charge in [0.05, 0.1) is 6.04 Å². The molecule has 1 fully saturated rings. The number of anilines is 1. The molecule has 1 aromatic carbocycles. The minimum absolute atomic E-state index is 0.0674. The largest absolute Gasteiger partial charge is 0.324 e. The normalized spacial score (nSPS) is 23.2. The van der Waals surface area contributed by atoms with E-state index in [9.17, 15) is 4.79 Å². The number of carbonyl (C=O) groups excluding carboxylic acids is 1. The van der Waals surface area contributed by atoms with Gasteiger partial charge in [0.1, 0.15) is 0 Å². The molecule has 1 unspecified atom stereocenters. The fraction of sp³-hybridized carbons (Fsp3) is 0.588. The van der Waals surface area contributed by atoms with Crippen molar-refractivity contribution in [3.8, 4) is 0 Å². The van der Waals surface area contributed by atoms with Gasteiger partial charge in [-0.1, -0.05) is 24.6 Å². The third-order valence-corrected chi connectivity index (χ3v) is 4.56. The number of carbonyl (C=O) groups is 1. The van der Waals surface area contributed by atoms with Crippen molar-refractivity contribution in [2.24, 2.45) is 0 Å². The predicted molar refractivity (Wildman–Crippen MR) is 85.5 cm³/mol. The second kappa shape index (κ2) is 7.05. The minimum atomic E-state index is -0.0674. The third kappa shape index (κ3) is 3.83. The van der Waals surface area contributed by atoms with E-state index >= 15 is 0 Å². The number of nitrogens with zero attached hydrogens (tertiary/aromatic N) is 1. The summed E-state index contributed by atoms with van der Waals surface area (Å²) in [5.74, 6) is 0.110. The van der Waals surface area contributed by atoms with E-state index < -0.39 is 0 Å². The highest BCUT2D eigenvalue weighted by Crippen LogP contribution is 2.21. The molecule has 1 atom stereocenters. The first kappa shape index (κ1) is 14.5. The van der Waals surface area contributed by atoms with E-state index in [0.717, 1.165) is 31.6 Å². The molecule has 2 aliphatic heterocycles. The van der Waals surface area contributed by atoms with Gasteiger partial charge in [-0.3, -0.25) is 4.79 Å². The van der Waals surface area contributed by atoms with Crippen molar-refractivity contribution in [2.75, 3.05) is 31.5 Å². The highest BCUT2D eigenvalue weighted by Gasteiger charge is 2.22. The Kier molecular flexibility index (Phi) is 4.88. The number of hydrogen-bond acceptors (Lipinski definition) is 3. The molecule has 0 aliphatic carbocycles. The summed E-state index contributed by atoms with van der Waals surface area (Å²) in [5, 5.41) is 6.49. The Bertz CT molecular complexity index is 483. The Morgan fingerprint density at radius 1 is 1.19 bits per heavy atom. The van der Waals surface area contributed by atoms with E-state index in [4.69, 9.17) is 0 Å². The Labute approximate surface area is 126 Å². The van der Waals surface area contributed by atoms with Crippen LogP contribution in [0.15, 0.2) is 24.3 Å². The maximum Gasteiger partial charge on any atom is 0.241 e. The van der Waals surface area contributed by atoms with Crippen LogP contribution in [0.2, 0.25) is 0 Å². The molecular formula is C17H25N3O. The fourth-order valence-corrected chi connectivity index (χ4v) is 3.29. The molecule has 2 aliphatic rings. The molecule has 0 radical (unpaired) electrons. The Balaban J connectivity index is 1.49. The monoisotopic (exact) mass is 287 g/mol. The first-order valence-electron chi connectivity index (χ1n) is 8.17. The third-order valence-electron chi connectivity index (χ3n) is 4.56. The number of amides is 1. The molecular weight excluding hydrogens is 262 g/mol. The summed E-state index contributed by atoms with van der Waals surface area (Å²) in [5.41, 5.74) is 2.22. The lowest BCUT2D eigenvalue weighted by molar-refractivity contribution is -0.118. The summed E-state index contributed by atoms with van der Waals surface area (Å²) in [4.78, 5) is 14.8. The maximum absolute atomic E-state index is 12.3. The Morgan fingerprint density at radius 2 is 2.00 bits per heavy atom. The van der Waals surface area contributed by atoms with Crippen molar-refractivity contribution in [3.05, 3.63) is 29.8 Å². The number of piperidine rings is 1. The Hall–Kier alpha value is -1.39. The molecule has 1 amide bonds. The zero-order valence-corrected chi connectivity index (χ0v) is 12.6. The zero-order valence-electron chi connectivity index (χ0n) is 12.6. The molecule has 1 saturated heterocycles. The van der Waals surface area contributed by atoms with Crippen molar-refractivity contribution < 1.29 is 4.79 Å². The molecule has 2 heterocycles. The van der Waals surface area contributed by atoms with Crippen LogP contribution < -0.4 is 10.6 Å². The summed E-state index contributed by atoms with van der Waals surface area (Å²) in [7, 11) is 0. The number of para-hydroxylation sites is 1. The Morgan fingerprint density at radius 3 is 2.86 bits per heavy atom. The molecule has 4 heteroatoms. The first-order valence-corrected chi connectivity index (χ1v) is 8.17. The topological polar surface area (TPSA) is 44.4 Å². The smallest absolute Gasteiger partial charge is 0.241 e. The average molecular weight is 287 g/mol. The lowest BCUT2D eigenvalue weighted by Gasteiger charge is -2.27. The zero-order chi connectivity index (χ0) is 14.5. The number of benzene rings is 1. The second-order valence-corrected chi connectivity index (χ2v) is 6.09. The summed E-state index contributed by atoms with van der Waals surface area (Å²) >= 11 is 0. The molecule has 0 saturated carbocycles. The molecule has 0 aromatic heterocycles. The molecule has 4 nitrogen and oxygen atoms in total. The highest BCUT2D eigenvalue weighted by molar-refractivity contribution is 5.96. The van der Waals surface area contributed by atoms with E-state index in [1.165, 1.54) is 37.9 Å². The summed E-state index contributed by atoms with van der Waals surface area (Å²) in [6, 6.07) is 8.04.